The van der Waals surface area contributed by atoms with Gasteiger partial charge in [0.2, 0.25) is 0 Å². The van der Waals surface area contributed by atoms with Gasteiger partial charge in [-0.3, -0.25) is 0 Å². The fourth-order valence-electron chi connectivity index (χ4n) is 2.61. The minimum absolute atomic E-state index is 0. The van der Waals surface area contributed by atoms with Gasteiger partial charge < -0.3 is 10.5 Å². The summed E-state index contributed by atoms with van der Waals surface area (Å²) < 4.78 is 43.4. The van der Waals surface area contributed by atoms with Gasteiger partial charge in [-0.15, -0.1) is 12.4 Å². The van der Waals surface area contributed by atoms with Crippen molar-refractivity contribution in [1.29, 1.82) is 0 Å². The third kappa shape index (κ3) is 3.20. The molecule has 2 N–H and O–H groups in total. The van der Waals surface area contributed by atoms with E-state index in [0.29, 0.717) is 12.2 Å². The van der Waals surface area contributed by atoms with Crippen LogP contribution in [0.25, 0.3) is 0 Å². The van der Waals surface area contributed by atoms with E-state index >= 15 is 0 Å². The number of rotatable bonds is 2. The van der Waals surface area contributed by atoms with Crippen LogP contribution in [0.5, 0.6) is 5.75 Å². The standard InChI is InChI=1S/C16H14F3NO.ClH/c17-16(18,19)11-5-7-12(8-6-11)21-15-13-4-2-1-3-10(13)9-14(15)20;/h1-8,14-15H,9,20H2;1H. The Kier molecular flexibility index (Phi) is 4.68. The van der Waals surface area contributed by atoms with Gasteiger partial charge in [-0.1, -0.05) is 24.3 Å². The molecule has 0 heterocycles. The van der Waals surface area contributed by atoms with E-state index in [2.05, 4.69) is 0 Å². The van der Waals surface area contributed by atoms with Gasteiger partial charge in [0, 0.05) is 6.04 Å². The lowest BCUT2D eigenvalue weighted by molar-refractivity contribution is -0.137. The van der Waals surface area contributed by atoms with Crippen molar-refractivity contribution in [3.05, 3.63) is 65.2 Å². The fourth-order valence-corrected chi connectivity index (χ4v) is 2.61. The highest BCUT2D eigenvalue weighted by molar-refractivity contribution is 5.85. The Morgan fingerprint density at radius 1 is 1.00 bits per heavy atom. The maximum absolute atomic E-state index is 12.5. The average Bonchev–Trinajstić information content (AvgIpc) is 2.75. The van der Waals surface area contributed by atoms with E-state index in [1.54, 1.807) is 0 Å². The lowest BCUT2D eigenvalue weighted by Gasteiger charge is -2.19. The molecule has 22 heavy (non-hydrogen) atoms. The summed E-state index contributed by atoms with van der Waals surface area (Å²) in [5, 5.41) is 0. The first-order valence-electron chi connectivity index (χ1n) is 6.62. The van der Waals surface area contributed by atoms with Crippen molar-refractivity contribution in [3.63, 3.8) is 0 Å². The minimum Gasteiger partial charge on any atom is -0.484 e. The first kappa shape index (κ1) is 16.6. The van der Waals surface area contributed by atoms with E-state index < -0.39 is 11.7 Å². The van der Waals surface area contributed by atoms with E-state index in [9.17, 15) is 13.2 Å². The van der Waals surface area contributed by atoms with Crippen LogP contribution in [0.4, 0.5) is 13.2 Å². The van der Waals surface area contributed by atoms with Gasteiger partial charge in [0.1, 0.15) is 11.9 Å². The summed E-state index contributed by atoms with van der Waals surface area (Å²) in [5.74, 6) is 0.389. The van der Waals surface area contributed by atoms with Crippen LogP contribution in [0.15, 0.2) is 48.5 Å². The molecule has 2 unspecified atom stereocenters. The highest BCUT2D eigenvalue weighted by atomic mass is 35.5. The summed E-state index contributed by atoms with van der Waals surface area (Å²) in [6.07, 6.45) is -3.95. The van der Waals surface area contributed by atoms with E-state index in [1.807, 2.05) is 24.3 Å². The summed E-state index contributed by atoms with van der Waals surface area (Å²) in [6, 6.07) is 12.3. The summed E-state index contributed by atoms with van der Waals surface area (Å²) in [4.78, 5) is 0. The zero-order chi connectivity index (χ0) is 15.0. The quantitative estimate of drug-likeness (QED) is 0.899. The van der Waals surface area contributed by atoms with Crippen LogP contribution in [-0.4, -0.2) is 6.04 Å². The molecule has 0 saturated carbocycles. The average molecular weight is 330 g/mol. The second-order valence-corrected chi connectivity index (χ2v) is 5.13. The second kappa shape index (κ2) is 6.18. The Balaban J connectivity index is 0.00000176. The molecule has 2 aromatic rings. The number of ether oxygens (including phenoxy) is 1. The van der Waals surface area contributed by atoms with Crippen LogP contribution in [0.1, 0.15) is 22.8 Å². The van der Waals surface area contributed by atoms with Crippen molar-refractivity contribution < 1.29 is 17.9 Å². The molecule has 0 fully saturated rings. The first-order valence-corrected chi connectivity index (χ1v) is 6.62. The third-order valence-corrected chi connectivity index (χ3v) is 3.65. The molecule has 2 atom stereocenters. The van der Waals surface area contributed by atoms with Crippen molar-refractivity contribution >= 4 is 12.4 Å². The Morgan fingerprint density at radius 2 is 1.64 bits per heavy atom. The van der Waals surface area contributed by atoms with Crippen LogP contribution in [-0.2, 0) is 12.6 Å². The monoisotopic (exact) mass is 329 g/mol. The molecule has 0 aromatic heterocycles. The topological polar surface area (TPSA) is 35.2 Å². The number of halogens is 4. The molecule has 2 nitrogen and oxygen atoms in total. The summed E-state index contributed by atoms with van der Waals surface area (Å²) in [5.41, 5.74) is 7.51. The number of nitrogens with two attached hydrogens (primary N) is 1. The van der Waals surface area contributed by atoms with Crippen molar-refractivity contribution in [2.75, 3.05) is 0 Å². The molecule has 118 valence electrons. The molecule has 1 aliphatic carbocycles. The van der Waals surface area contributed by atoms with Crippen molar-refractivity contribution in [3.8, 4) is 5.75 Å². The fraction of sp³-hybridized carbons (Fsp3) is 0.250. The molecule has 3 rings (SSSR count). The van der Waals surface area contributed by atoms with E-state index in [-0.39, 0.29) is 24.6 Å². The largest absolute Gasteiger partial charge is 0.484 e. The summed E-state index contributed by atoms with van der Waals surface area (Å²) in [7, 11) is 0. The van der Waals surface area contributed by atoms with E-state index in [1.165, 1.54) is 12.1 Å². The van der Waals surface area contributed by atoms with E-state index in [0.717, 1.165) is 23.3 Å². The smallest absolute Gasteiger partial charge is 0.416 e. The molecule has 0 bridgehead atoms. The highest BCUT2D eigenvalue weighted by Crippen LogP contribution is 2.35. The first-order chi connectivity index (χ1) is 9.95. The number of hydrogen-bond acceptors (Lipinski definition) is 2. The summed E-state index contributed by atoms with van der Waals surface area (Å²) >= 11 is 0. The molecular formula is C16H15ClF3NO. The lowest BCUT2D eigenvalue weighted by Crippen LogP contribution is -2.28. The Hall–Kier alpha value is -1.72. The van der Waals surface area contributed by atoms with Crippen molar-refractivity contribution in [2.24, 2.45) is 5.73 Å². The minimum atomic E-state index is -4.34. The Bertz CT molecular complexity index is 643. The van der Waals surface area contributed by atoms with Gasteiger partial charge in [-0.2, -0.15) is 13.2 Å². The molecule has 0 aliphatic heterocycles. The van der Waals surface area contributed by atoms with Gasteiger partial charge in [0.25, 0.3) is 0 Å². The maximum atomic E-state index is 12.5. The van der Waals surface area contributed by atoms with Gasteiger partial charge >= 0.3 is 6.18 Å². The molecule has 0 saturated heterocycles. The highest BCUT2D eigenvalue weighted by Gasteiger charge is 2.32. The van der Waals surface area contributed by atoms with Gasteiger partial charge in [-0.05, 0) is 41.8 Å². The molecule has 0 amide bonds. The molecule has 2 aromatic carbocycles. The zero-order valence-corrected chi connectivity index (χ0v) is 12.3. The van der Waals surface area contributed by atoms with Crippen molar-refractivity contribution in [1.82, 2.24) is 0 Å². The van der Waals surface area contributed by atoms with Crippen LogP contribution < -0.4 is 10.5 Å². The lowest BCUT2D eigenvalue weighted by atomic mass is 10.1. The maximum Gasteiger partial charge on any atom is 0.416 e. The van der Waals surface area contributed by atoms with Crippen LogP contribution in [0, 0.1) is 0 Å². The van der Waals surface area contributed by atoms with Gasteiger partial charge in [0.15, 0.2) is 0 Å². The van der Waals surface area contributed by atoms with Crippen LogP contribution >= 0.6 is 12.4 Å². The molecule has 0 spiro atoms. The summed E-state index contributed by atoms with van der Waals surface area (Å²) in [6.45, 7) is 0. The van der Waals surface area contributed by atoms with Gasteiger partial charge in [0.05, 0.1) is 5.56 Å². The Labute approximate surface area is 132 Å². The molecule has 1 aliphatic rings. The molecule has 0 radical (unpaired) electrons. The van der Waals surface area contributed by atoms with Crippen LogP contribution in [0.2, 0.25) is 0 Å². The number of hydrogen-bond donors (Lipinski definition) is 1. The number of alkyl halides is 3. The van der Waals surface area contributed by atoms with Gasteiger partial charge in [-0.25, -0.2) is 0 Å². The number of benzene rings is 2. The van der Waals surface area contributed by atoms with E-state index in [4.69, 9.17) is 10.5 Å². The number of fused-ring (bicyclic) bond motifs is 1. The predicted molar refractivity (Wildman–Crippen MR) is 80.2 cm³/mol. The van der Waals surface area contributed by atoms with Crippen molar-refractivity contribution in [2.45, 2.75) is 24.7 Å². The normalized spacial score (nSPS) is 20.2. The Morgan fingerprint density at radius 3 is 2.27 bits per heavy atom. The zero-order valence-electron chi connectivity index (χ0n) is 11.5. The SMILES string of the molecule is Cl.NC1Cc2ccccc2C1Oc1ccc(C(F)(F)F)cc1. The second-order valence-electron chi connectivity index (χ2n) is 5.13. The third-order valence-electron chi connectivity index (χ3n) is 3.65. The molecule has 6 heteroatoms. The predicted octanol–water partition coefficient (Wildman–Crippen LogP) is 4.13. The van der Waals surface area contributed by atoms with Crippen LogP contribution in [0.3, 0.4) is 0 Å². The molecular weight excluding hydrogens is 315 g/mol.